The number of rotatable bonds is 5. The fraction of sp³-hybridized carbons (Fsp3) is 0.0741. The lowest BCUT2D eigenvalue weighted by Crippen LogP contribution is -1.87. The van der Waals surface area contributed by atoms with Gasteiger partial charge in [0.25, 0.3) is 0 Å². The molecule has 0 bridgehead atoms. The van der Waals surface area contributed by atoms with Gasteiger partial charge in [-0.15, -0.1) is 0 Å². The van der Waals surface area contributed by atoms with Gasteiger partial charge in [-0.1, -0.05) is 91.0 Å². The largest absolute Gasteiger partial charge is 0.288 e. The van der Waals surface area contributed by atoms with E-state index in [2.05, 4.69) is 76.5 Å². The van der Waals surface area contributed by atoms with Gasteiger partial charge in [0.15, 0.2) is 0 Å². The Labute approximate surface area is 171 Å². The molecule has 0 atom stereocenters. The summed E-state index contributed by atoms with van der Waals surface area (Å²) >= 11 is 0. The SMILES string of the molecule is CC(=C=Nc1ccccc1CN=Cc1cccc2ccccc12)c1ccccc1. The van der Waals surface area contributed by atoms with E-state index in [1.807, 2.05) is 49.5 Å². The van der Waals surface area contributed by atoms with Crippen molar-refractivity contribution in [1.82, 2.24) is 0 Å². The number of benzene rings is 4. The Morgan fingerprint density at radius 3 is 2.41 bits per heavy atom. The van der Waals surface area contributed by atoms with Crippen LogP contribution in [0.2, 0.25) is 0 Å². The van der Waals surface area contributed by atoms with Crippen molar-refractivity contribution >= 4 is 34.1 Å². The molecule has 0 fully saturated rings. The van der Waals surface area contributed by atoms with E-state index in [0.717, 1.165) is 28.0 Å². The summed E-state index contributed by atoms with van der Waals surface area (Å²) in [7, 11) is 0. The lowest BCUT2D eigenvalue weighted by Gasteiger charge is -2.03. The molecule has 0 radical (unpaired) electrons. The quantitative estimate of drug-likeness (QED) is 0.341. The molecule has 2 nitrogen and oxygen atoms in total. The minimum Gasteiger partial charge on any atom is -0.288 e. The number of para-hydroxylation sites is 1. The van der Waals surface area contributed by atoms with Crippen LogP contribution in [0.3, 0.4) is 0 Å². The number of hydrogen-bond donors (Lipinski definition) is 0. The molecule has 0 saturated heterocycles. The number of fused-ring (bicyclic) bond motifs is 1. The Morgan fingerprint density at radius 2 is 1.52 bits per heavy atom. The third-order valence-electron chi connectivity index (χ3n) is 4.86. The van der Waals surface area contributed by atoms with Gasteiger partial charge in [-0.25, -0.2) is 4.99 Å². The van der Waals surface area contributed by atoms with Crippen LogP contribution in [0, 0.1) is 0 Å². The molecule has 0 heterocycles. The average molecular weight is 374 g/mol. The summed E-state index contributed by atoms with van der Waals surface area (Å²) in [5, 5.41) is 2.44. The molecule has 0 saturated carbocycles. The molecule has 4 aromatic rings. The minimum absolute atomic E-state index is 0.578. The molecule has 2 heteroatoms. The molecule has 0 aliphatic carbocycles. The van der Waals surface area contributed by atoms with Crippen LogP contribution in [0.25, 0.3) is 16.3 Å². The summed E-state index contributed by atoms with van der Waals surface area (Å²) in [6.07, 6.45) is 1.95. The summed E-state index contributed by atoms with van der Waals surface area (Å²) in [5.74, 6) is 3.18. The number of nitrogens with zero attached hydrogens (tertiary/aromatic N) is 2. The van der Waals surface area contributed by atoms with Crippen LogP contribution >= 0.6 is 0 Å². The fourth-order valence-electron chi connectivity index (χ4n) is 3.26. The molecule has 29 heavy (non-hydrogen) atoms. The van der Waals surface area contributed by atoms with Gasteiger partial charge in [-0.2, -0.15) is 0 Å². The van der Waals surface area contributed by atoms with Crippen molar-refractivity contribution in [3.8, 4) is 0 Å². The standard InChI is InChI=1S/C27H22N2/c1-21(22-10-3-2-4-11-22)18-29-27-17-8-6-13-25(27)20-28-19-24-15-9-14-23-12-5-7-16-26(23)24/h2-17,19H,20H2,1H3. The van der Waals surface area contributed by atoms with E-state index in [9.17, 15) is 0 Å². The molecule has 140 valence electrons. The van der Waals surface area contributed by atoms with Gasteiger partial charge < -0.3 is 0 Å². The first kappa shape index (κ1) is 18.6. The third kappa shape index (κ3) is 4.57. The van der Waals surface area contributed by atoms with E-state index in [-0.39, 0.29) is 0 Å². The normalized spacial score (nSPS) is 10.8. The van der Waals surface area contributed by atoms with Crippen molar-refractivity contribution in [2.45, 2.75) is 13.5 Å². The molecule has 0 amide bonds. The van der Waals surface area contributed by atoms with Gasteiger partial charge in [-0.3, -0.25) is 4.99 Å². The van der Waals surface area contributed by atoms with Crippen LogP contribution in [0.4, 0.5) is 5.69 Å². The number of hydrogen-bond acceptors (Lipinski definition) is 2. The van der Waals surface area contributed by atoms with Crippen molar-refractivity contribution in [3.63, 3.8) is 0 Å². The summed E-state index contributed by atoms with van der Waals surface area (Å²) in [5.41, 5.74) is 5.25. The third-order valence-corrected chi connectivity index (χ3v) is 4.86. The Balaban J connectivity index is 1.57. The molecule has 0 aromatic heterocycles. The average Bonchev–Trinajstić information content (AvgIpc) is 2.79. The van der Waals surface area contributed by atoms with Gasteiger partial charge in [0, 0.05) is 17.4 Å². The molecule has 0 N–H and O–H groups in total. The fourth-order valence-corrected chi connectivity index (χ4v) is 3.26. The zero-order valence-electron chi connectivity index (χ0n) is 16.4. The van der Waals surface area contributed by atoms with Crippen LogP contribution in [0.5, 0.6) is 0 Å². The minimum atomic E-state index is 0.578. The maximum Gasteiger partial charge on any atom is 0.0780 e. The summed E-state index contributed by atoms with van der Waals surface area (Å²) in [6.45, 7) is 2.61. The second kappa shape index (κ2) is 8.97. The molecule has 4 aromatic carbocycles. The van der Waals surface area contributed by atoms with Crippen molar-refractivity contribution in [2.75, 3.05) is 0 Å². The van der Waals surface area contributed by atoms with Gasteiger partial charge in [0.2, 0.25) is 0 Å². The van der Waals surface area contributed by atoms with Crippen molar-refractivity contribution < 1.29 is 0 Å². The van der Waals surface area contributed by atoms with Crippen LogP contribution in [0.15, 0.2) is 107 Å². The van der Waals surface area contributed by atoms with E-state index in [1.54, 1.807) is 0 Å². The van der Waals surface area contributed by atoms with E-state index >= 15 is 0 Å². The molecule has 0 unspecified atom stereocenters. The van der Waals surface area contributed by atoms with Crippen molar-refractivity contribution in [2.24, 2.45) is 9.98 Å². The van der Waals surface area contributed by atoms with Crippen LogP contribution in [-0.4, -0.2) is 12.1 Å². The lowest BCUT2D eigenvalue weighted by molar-refractivity contribution is 1.07. The zero-order valence-corrected chi connectivity index (χ0v) is 16.4. The van der Waals surface area contributed by atoms with Crippen LogP contribution < -0.4 is 0 Å². The van der Waals surface area contributed by atoms with E-state index in [1.165, 1.54) is 10.8 Å². The first-order chi connectivity index (χ1) is 14.3. The smallest absolute Gasteiger partial charge is 0.0780 e. The van der Waals surface area contributed by atoms with Crippen LogP contribution in [-0.2, 0) is 6.54 Å². The van der Waals surface area contributed by atoms with Crippen molar-refractivity contribution in [3.05, 3.63) is 114 Å². The van der Waals surface area contributed by atoms with Crippen LogP contribution in [0.1, 0.15) is 23.6 Å². The van der Waals surface area contributed by atoms with E-state index in [0.29, 0.717) is 6.54 Å². The zero-order chi connectivity index (χ0) is 19.9. The highest BCUT2D eigenvalue weighted by Crippen LogP contribution is 2.21. The van der Waals surface area contributed by atoms with E-state index < -0.39 is 0 Å². The maximum absolute atomic E-state index is 4.69. The highest BCUT2D eigenvalue weighted by molar-refractivity contribution is 5.99. The number of allylic oxidation sites excluding steroid dienone is 1. The topological polar surface area (TPSA) is 24.7 Å². The second-order valence-corrected chi connectivity index (χ2v) is 6.88. The molecule has 0 spiro atoms. The Bertz CT molecular complexity index is 1210. The first-order valence-electron chi connectivity index (χ1n) is 9.72. The van der Waals surface area contributed by atoms with E-state index in [4.69, 9.17) is 0 Å². The monoisotopic (exact) mass is 374 g/mol. The summed E-state index contributed by atoms with van der Waals surface area (Å²) in [6, 6.07) is 33.0. The van der Waals surface area contributed by atoms with Gasteiger partial charge in [-0.05, 0) is 40.8 Å². The number of aliphatic imine (C=N–C) groups is 2. The molecule has 4 rings (SSSR count). The molecule has 0 aliphatic heterocycles. The molecule has 0 aliphatic rings. The molecular formula is C27H22N2. The maximum atomic E-state index is 4.69. The van der Waals surface area contributed by atoms with Gasteiger partial charge in [0.05, 0.1) is 12.2 Å². The predicted octanol–water partition coefficient (Wildman–Crippen LogP) is 6.86. The first-order valence-corrected chi connectivity index (χ1v) is 9.72. The van der Waals surface area contributed by atoms with Gasteiger partial charge >= 0.3 is 0 Å². The Morgan fingerprint density at radius 1 is 0.793 bits per heavy atom. The predicted molar refractivity (Wildman–Crippen MR) is 124 cm³/mol. The molecular weight excluding hydrogens is 352 g/mol. The Kier molecular flexibility index (Phi) is 5.76. The second-order valence-electron chi connectivity index (χ2n) is 6.88. The van der Waals surface area contributed by atoms with Gasteiger partial charge in [0.1, 0.15) is 0 Å². The summed E-state index contributed by atoms with van der Waals surface area (Å²) in [4.78, 5) is 9.29. The highest BCUT2D eigenvalue weighted by atomic mass is 14.7. The lowest BCUT2D eigenvalue weighted by atomic mass is 10.1. The Hall–Kier alpha value is -3.74. The summed E-state index contributed by atoms with van der Waals surface area (Å²) < 4.78 is 0. The van der Waals surface area contributed by atoms with Crippen molar-refractivity contribution in [1.29, 1.82) is 0 Å². The highest BCUT2D eigenvalue weighted by Gasteiger charge is 2.00.